The van der Waals surface area contributed by atoms with Crippen molar-refractivity contribution in [2.75, 3.05) is 24.6 Å². The summed E-state index contributed by atoms with van der Waals surface area (Å²) in [6, 6.07) is 8.50. The minimum atomic E-state index is -0.0682. The van der Waals surface area contributed by atoms with Crippen molar-refractivity contribution < 1.29 is 4.74 Å². The quantitative estimate of drug-likeness (QED) is 0.822. The van der Waals surface area contributed by atoms with E-state index in [0.29, 0.717) is 6.54 Å². The average molecular weight is 264 g/mol. The minimum Gasteiger partial charge on any atom is -0.374 e. The standard InChI is InChI=1S/C16H28N2O/c1-5-10-18(11-12-19-16(2,3)4)15-8-6-14(13-17)7-9-15/h6-9H,5,10-13,17H2,1-4H3. The second-order valence-electron chi connectivity index (χ2n) is 5.82. The summed E-state index contributed by atoms with van der Waals surface area (Å²) in [6.07, 6.45) is 1.13. The predicted octanol–water partition coefficient (Wildman–Crippen LogP) is 3.18. The second kappa shape index (κ2) is 7.51. The predicted molar refractivity (Wildman–Crippen MR) is 82.5 cm³/mol. The zero-order chi connectivity index (χ0) is 14.3. The summed E-state index contributed by atoms with van der Waals surface area (Å²) >= 11 is 0. The number of rotatable bonds is 7. The molecule has 1 rings (SSSR count). The van der Waals surface area contributed by atoms with Gasteiger partial charge in [-0.1, -0.05) is 19.1 Å². The highest BCUT2D eigenvalue weighted by atomic mass is 16.5. The van der Waals surface area contributed by atoms with Gasteiger partial charge in [-0.25, -0.2) is 0 Å². The molecule has 0 bridgehead atoms. The van der Waals surface area contributed by atoms with Crippen LogP contribution in [0.1, 0.15) is 39.7 Å². The van der Waals surface area contributed by atoms with Crippen molar-refractivity contribution in [3.63, 3.8) is 0 Å². The SMILES string of the molecule is CCCN(CCOC(C)(C)C)c1ccc(CN)cc1. The van der Waals surface area contributed by atoms with E-state index in [1.54, 1.807) is 0 Å². The lowest BCUT2D eigenvalue weighted by Gasteiger charge is -2.27. The van der Waals surface area contributed by atoms with E-state index < -0.39 is 0 Å². The van der Waals surface area contributed by atoms with Gasteiger partial charge in [0.05, 0.1) is 12.2 Å². The smallest absolute Gasteiger partial charge is 0.0648 e. The summed E-state index contributed by atoms with van der Waals surface area (Å²) < 4.78 is 5.81. The number of hydrogen-bond acceptors (Lipinski definition) is 3. The number of anilines is 1. The van der Waals surface area contributed by atoms with Crippen LogP contribution in [0.4, 0.5) is 5.69 Å². The molecule has 0 aliphatic rings. The molecule has 0 unspecified atom stereocenters. The van der Waals surface area contributed by atoms with Gasteiger partial charge in [0.1, 0.15) is 0 Å². The van der Waals surface area contributed by atoms with Gasteiger partial charge in [0, 0.05) is 25.3 Å². The van der Waals surface area contributed by atoms with Gasteiger partial charge < -0.3 is 15.4 Å². The average Bonchev–Trinajstić information content (AvgIpc) is 2.36. The van der Waals surface area contributed by atoms with Crippen LogP contribution in [0.15, 0.2) is 24.3 Å². The molecule has 3 heteroatoms. The third-order valence-corrected chi connectivity index (χ3v) is 2.93. The lowest BCUT2D eigenvalue weighted by Crippen LogP contribution is -2.31. The van der Waals surface area contributed by atoms with Crippen LogP contribution in [-0.2, 0) is 11.3 Å². The van der Waals surface area contributed by atoms with E-state index in [9.17, 15) is 0 Å². The fraction of sp³-hybridized carbons (Fsp3) is 0.625. The van der Waals surface area contributed by atoms with Gasteiger partial charge in [0.25, 0.3) is 0 Å². The molecule has 0 heterocycles. The van der Waals surface area contributed by atoms with Crippen LogP contribution in [-0.4, -0.2) is 25.3 Å². The Hall–Kier alpha value is -1.06. The van der Waals surface area contributed by atoms with Crippen molar-refractivity contribution >= 4 is 5.69 Å². The highest BCUT2D eigenvalue weighted by molar-refractivity contribution is 5.47. The van der Waals surface area contributed by atoms with Gasteiger partial charge in [-0.05, 0) is 44.9 Å². The van der Waals surface area contributed by atoms with Gasteiger partial charge in [-0.3, -0.25) is 0 Å². The van der Waals surface area contributed by atoms with Crippen LogP contribution in [0.2, 0.25) is 0 Å². The van der Waals surface area contributed by atoms with E-state index in [-0.39, 0.29) is 5.60 Å². The Morgan fingerprint density at radius 3 is 2.21 bits per heavy atom. The summed E-state index contributed by atoms with van der Waals surface area (Å²) in [7, 11) is 0. The first-order valence-corrected chi connectivity index (χ1v) is 7.14. The van der Waals surface area contributed by atoms with Crippen molar-refractivity contribution in [3.05, 3.63) is 29.8 Å². The molecule has 0 radical (unpaired) electrons. The first kappa shape index (κ1) is 16.0. The molecule has 0 saturated carbocycles. The fourth-order valence-electron chi connectivity index (χ4n) is 1.94. The first-order valence-electron chi connectivity index (χ1n) is 7.14. The second-order valence-corrected chi connectivity index (χ2v) is 5.82. The maximum Gasteiger partial charge on any atom is 0.0648 e. The Morgan fingerprint density at radius 1 is 1.11 bits per heavy atom. The summed E-state index contributed by atoms with van der Waals surface area (Å²) in [5, 5.41) is 0. The Balaban J connectivity index is 2.60. The molecule has 2 N–H and O–H groups in total. The van der Waals surface area contributed by atoms with E-state index >= 15 is 0 Å². The molecular formula is C16H28N2O. The molecule has 1 aromatic carbocycles. The molecule has 0 fully saturated rings. The third-order valence-electron chi connectivity index (χ3n) is 2.93. The molecule has 19 heavy (non-hydrogen) atoms. The number of nitrogens with two attached hydrogens (primary N) is 1. The number of nitrogens with zero attached hydrogens (tertiary/aromatic N) is 1. The van der Waals surface area contributed by atoms with E-state index in [2.05, 4.69) is 56.9 Å². The van der Waals surface area contributed by atoms with Crippen molar-refractivity contribution in [2.45, 2.75) is 46.3 Å². The Labute approximate surface area is 117 Å². The van der Waals surface area contributed by atoms with Crippen LogP contribution in [0.5, 0.6) is 0 Å². The molecule has 0 saturated heterocycles. The van der Waals surface area contributed by atoms with Gasteiger partial charge in [-0.2, -0.15) is 0 Å². The maximum atomic E-state index is 5.81. The van der Waals surface area contributed by atoms with E-state index in [4.69, 9.17) is 10.5 Å². The van der Waals surface area contributed by atoms with Crippen molar-refractivity contribution in [1.82, 2.24) is 0 Å². The Kier molecular flexibility index (Phi) is 6.32. The number of hydrogen-bond donors (Lipinski definition) is 1. The van der Waals surface area contributed by atoms with E-state index in [1.807, 2.05) is 0 Å². The summed E-state index contributed by atoms with van der Waals surface area (Å²) in [6.45, 7) is 11.8. The Bertz CT molecular complexity index is 354. The molecule has 0 atom stereocenters. The molecule has 3 nitrogen and oxygen atoms in total. The highest BCUT2D eigenvalue weighted by Crippen LogP contribution is 2.16. The zero-order valence-corrected chi connectivity index (χ0v) is 12.8. The molecule has 108 valence electrons. The van der Waals surface area contributed by atoms with E-state index in [1.165, 1.54) is 11.3 Å². The molecule has 0 amide bonds. The van der Waals surface area contributed by atoms with Crippen LogP contribution in [0, 0.1) is 0 Å². The van der Waals surface area contributed by atoms with Crippen molar-refractivity contribution in [2.24, 2.45) is 5.73 Å². The van der Waals surface area contributed by atoms with Crippen LogP contribution < -0.4 is 10.6 Å². The van der Waals surface area contributed by atoms with Crippen LogP contribution in [0.3, 0.4) is 0 Å². The van der Waals surface area contributed by atoms with Crippen LogP contribution in [0.25, 0.3) is 0 Å². The highest BCUT2D eigenvalue weighted by Gasteiger charge is 2.11. The molecule has 0 aromatic heterocycles. The number of ether oxygens (including phenoxy) is 1. The van der Waals surface area contributed by atoms with Gasteiger partial charge in [-0.15, -0.1) is 0 Å². The van der Waals surface area contributed by atoms with Crippen LogP contribution >= 0.6 is 0 Å². The third kappa shape index (κ3) is 6.08. The lowest BCUT2D eigenvalue weighted by atomic mass is 10.2. The van der Waals surface area contributed by atoms with Crippen molar-refractivity contribution in [3.8, 4) is 0 Å². The number of benzene rings is 1. The monoisotopic (exact) mass is 264 g/mol. The zero-order valence-electron chi connectivity index (χ0n) is 12.8. The molecule has 0 spiro atoms. The largest absolute Gasteiger partial charge is 0.374 e. The van der Waals surface area contributed by atoms with E-state index in [0.717, 1.165) is 26.1 Å². The first-order chi connectivity index (χ1) is 8.96. The maximum absolute atomic E-state index is 5.81. The summed E-state index contributed by atoms with van der Waals surface area (Å²) in [5.41, 5.74) is 7.98. The molecule has 1 aromatic rings. The summed E-state index contributed by atoms with van der Waals surface area (Å²) in [4.78, 5) is 2.37. The molecular weight excluding hydrogens is 236 g/mol. The topological polar surface area (TPSA) is 38.5 Å². The molecule has 0 aliphatic carbocycles. The normalized spacial score (nSPS) is 11.6. The molecule has 0 aliphatic heterocycles. The van der Waals surface area contributed by atoms with Gasteiger partial charge >= 0.3 is 0 Å². The van der Waals surface area contributed by atoms with Gasteiger partial charge in [0.2, 0.25) is 0 Å². The summed E-state index contributed by atoms with van der Waals surface area (Å²) in [5.74, 6) is 0. The van der Waals surface area contributed by atoms with Gasteiger partial charge in [0.15, 0.2) is 0 Å². The fourth-order valence-corrected chi connectivity index (χ4v) is 1.94. The lowest BCUT2D eigenvalue weighted by molar-refractivity contribution is 0.00136. The minimum absolute atomic E-state index is 0.0682. The van der Waals surface area contributed by atoms with Crippen molar-refractivity contribution in [1.29, 1.82) is 0 Å². The Morgan fingerprint density at radius 2 is 1.74 bits per heavy atom.